The third-order valence-electron chi connectivity index (χ3n) is 3.02. The van der Waals surface area contributed by atoms with Crippen LogP contribution in [-0.4, -0.2) is 24.5 Å². The number of amides is 1. The molecule has 2 aromatic rings. The van der Waals surface area contributed by atoms with Gasteiger partial charge in [-0.3, -0.25) is 4.79 Å². The minimum atomic E-state index is -1.04. The van der Waals surface area contributed by atoms with Crippen LogP contribution in [0.4, 0.5) is 14.5 Å². The summed E-state index contributed by atoms with van der Waals surface area (Å²) in [6, 6.07) is 11.8. The molecule has 2 aromatic carbocycles. The number of nitrogens with one attached hydrogen (secondary N) is 1. The average molecular weight is 349 g/mol. The summed E-state index contributed by atoms with van der Waals surface area (Å²) >= 11 is 0. The molecule has 0 aliphatic heterocycles. The fourth-order valence-corrected chi connectivity index (χ4v) is 1.72. The number of amidine groups is 1. The van der Waals surface area contributed by atoms with Gasteiger partial charge in [0.15, 0.2) is 5.84 Å². The monoisotopic (exact) mass is 349 g/mol. The lowest BCUT2D eigenvalue weighted by Gasteiger charge is -2.12. The van der Waals surface area contributed by atoms with Crippen LogP contribution in [0.2, 0.25) is 0 Å². The average Bonchev–Trinajstić information content (AvgIpc) is 2.61. The first-order chi connectivity index (χ1) is 12.0. The summed E-state index contributed by atoms with van der Waals surface area (Å²) in [7, 11) is 0. The summed E-state index contributed by atoms with van der Waals surface area (Å²) in [5.41, 5.74) is 5.47. The fraction of sp³-hybridized carbons (Fsp3) is 0.176. The van der Waals surface area contributed by atoms with E-state index in [9.17, 15) is 13.6 Å². The summed E-state index contributed by atoms with van der Waals surface area (Å²) in [4.78, 5) is 16.9. The van der Waals surface area contributed by atoms with Crippen molar-refractivity contribution >= 4 is 17.4 Å². The largest absolute Gasteiger partial charge is 0.486 e. The molecule has 0 aliphatic carbocycles. The molecule has 0 aromatic heterocycles. The smallest absolute Gasteiger partial charge is 0.268 e. The molecule has 0 fully saturated rings. The molecule has 8 heteroatoms. The minimum absolute atomic E-state index is 0.0229. The second kappa shape index (κ2) is 8.62. The number of nitrogens with zero attached hydrogens (tertiary/aromatic N) is 1. The number of carbonyl (C=O) groups is 1. The van der Waals surface area contributed by atoms with Crippen molar-refractivity contribution < 1.29 is 23.1 Å². The Kier molecular flexibility index (Phi) is 6.27. The van der Waals surface area contributed by atoms with E-state index in [1.165, 1.54) is 6.92 Å². The molecule has 0 radical (unpaired) electrons. The molecule has 1 unspecified atom stereocenters. The highest BCUT2D eigenvalue weighted by Crippen LogP contribution is 2.15. The minimum Gasteiger partial charge on any atom is -0.486 e. The summed E-state index contributed by atoms with van der Waals surface area (Å²) in [6.45, 7) is 1.39. The van der Waals surface area contributed by atoms with Crippen LogP contribution in [0.1, 0.15) is 6.92 Å². The maximum Gasteiger partial charge on any atom is 0.268 e. The lowest BCUT2D eigenvalue weighted by molar-refractivity contribution is -0.126. The van der Waals surface area contributed by atoms with E-state index < -0.39 is 23.6 Å². The molecule has 1 amide bonds. The molecular weight excluding hydrogens is 332 g/mol. The predicted octanol–water partition coefficient (Wildman–Crippen LogP) is 2.66. The van der Waals surface area contributed by atoms with Crippen molar-refractivity contribution in [1.82, 2.24) is 0 Å². The van der Waals surface area contributed by atoms with Crippen LogP contribution in [0.5, 0.6) is 5.75 Å². The highest BCUT2D eigenvalue weighted by Gasteiger charge is 2.16. The summed E-state index contributed by atoms with van der Waals surface area (Å²) in [5, 5.41) is 5.87. The number of benzene rings is 2. The number of hydrogen-bond acceptors (Lipinski definition) is 4. The second-order valence-electron chi connectivity index (χ2n) is 5.05. The van der Waals surface area contributed by atoms with Crippen molar-refractivity contribution in [3.05, 3.63) is 60.2 Å². The van der Waals surface area contributed by atoms with Crippen LogP contribution in [0.25, 0.3) is 0 Å². The van der Waals surface area contributed by atoms with Crippen LogP contribution in [-0.2, 0) is 9.63 Å². The number of carbonyl (C=O) groups excluding carboxylic acids is 1. The molecule has 1 atom stereocenters. The maximum atomic E-state index is 13.5. The van der Waals surface area contributed by atoms with Crippen molar-refractivity contribution in [2.24, 2.45) is 10.9 Å². The van der Waals surface area contributed by atoms with Crippen molar-refractivity contribution in [3.63, 3.8) is 0 Å². The van der Waals surface area contributed by atoms with E-state index in [0.717, 1.165) is 12.1 Å². The number of anilines is 1. The zero-order chi connectivity index (χ0) is 18.2. The molecule has 0 saturated heterocycles. The highest BCUT2D eigenvalue weighted by atomic mass is 19.1. The molecule has 3 N–H and O–H groups in total. The Morgan fingerprint density at radius 2 is 1.96 bits per heavy atom. The number of rotatable bonds is 7. The molecule has 132 valence electrons. The van der Waals surface area contributed by atoms with Gasteiger partial charge in [-0.05, 0) is 31.2 Å². The quantitative estimate of drug-likeness (QED) is 0.457. The number of halogens is 2. The Bertz CT molecular complexity index is 754. The predicted molar refractivity (Wildman–Crippen MR) is 89.1 cm³/mol. The summed E-state index contributed by atoms with van der Waals surface area (Å²) in [5.74, 6) is -1.66. The van der Waals surface area contributed by atoms with E-state index in [1.54, 1.807) is 24.3 Å². The van der Waals surface area contributed by atoms with Gasteiger partial charge in [0.25, 0.3) is 5.91 Å². The van der Waals surface area contributed by atoms with Crippen molar-refractivity contribution in [3.8, 4) is 5.75 Å². The Morgan fingerprint density at radius 1 is 1.24 bits per heavy atom. The number of ether oxygens (including phenoxy) is 1. The fourth-order valence-electron chi connectivity index (χ4n) is 1.72. The van der Waals surface area contributed by atoms with Gasteiger partial charge in [-0.1, -0.05) is 23.4 Å². The van der Waals surface area contributed by atoms with E-state index in [4.69, 9.17) is 15.3 Å². The molecular formula is C17H17F2N3O3. The third-order valence-corrected chi connectivity index (χ3v) is 3.02. The molecule has 0 aliphatic rings. The Hall–Kier alpha value is -3.16. The molecule has 25 heavy (non-hydrogen) atoms. The van der Waals surface area contributed by atoms with Gasteiger partial charge in [0.2, 0.25) is 6.10 Å². The topological polar surface area (TPSA) is 85.9 Å². The lowest BCUT2D eigenvalue weighted by atomic mass is 10.2. The zero-order valence-electron chi connectivity index (χ0n) is 13.4. The van der Waals surface area contributed by atoms with Crippen molar-refractivity contribution in [2.45, 2.75) is 13.0 Å². The number of para-hydroxylation sites is 1. The molecule has 0 spiro atoms. The van der Waals surface area contributed by atoms with Crippen LogP contribution in [0.15, 0.2) is 53.7 Å². The molecule has 2 rings (SSSR count). The third kappa shape index (κ3) is 5.76. The number of hydrogen-bond donors (Lipinski definition) is 2. The van der Waals surface area contributed by atoms with E-state index in [2.05, 4.69) is 10.5 Å². The Balaban J connectivity index is 1.83. The second-order valence-corrected chi connectivity index (χ2v) is 5.05. The zero-order valence-corrected chi connectivity index (χ0v) is 13.4. The van der Waals surface area contributed by atoms with E-state index in [1.807, 2.05) is 6.07 Å². The lowest BCUT2D eigenvalue weighted by Crippen LogP contribution is -2.29. The highest BCUT2D eigenvalue weighted by molar-refractivity contribution is 5.94. The summed E-state index contributed by atoms with van der Waals surface area (Å²) in [6.07, 6.45) is -1.04. The first-order valence-corrected chi connectivity index (χ1v) is 7.37. The van der Waals surface area contributed by atoms with Crippen LogP contribution in [0.3, 0.4) is 0 Å². The summed E-state index contributed by atoms with van der Waals surface area (Å²) < 4.78 is 31.7. The van der Waals surface area contributed by atoms with Gasteiger partial charge in [0.05, 0.1) is 5.69 Å². The first-order valence-electron chi connectivity index (χ1n) is 7.37. The van der Waals surface area contributed by atoms with E-state index in [-0.39, 0.29) is 18.1 Å². The van der Waals surface area contributed by atoms with E-state index in [0.29, 0.717) is 11.8 Å². The Labute approximate surface area is 143 Å². The van der Waals surface area contributed by atoms with Crippen LogP contribution < -0.4 is 15.8 Å². The van der Waals surface area contributed by atoms with Crippen molar-refractivity contribution in [1.29, 1.82) is 0 Å². The number of oxime groups is 1. The molecule has 0 bridgehead atoms. The van der Waals surface area contributed by atoms with Gasteiger partial charge in [-0.2, -0.15) is 0 Å². The normalized spacial score (nSPS) is 12.4. The van der Waals surface area contributed by atoms with Gasteiger partial charge in [-0.25, -0.2) is 8.78 Å². The van der Waals surface area contributed by atoms with Crippen LogP contribution >= 0.6 is 0 Å². The first kappa shape index (κ1) is 18.2. The standard InChI is InChI=1S/C17H17F2N3O3/c1-11(17(23)21-15-8-7-12(18)9-14(15)19)25-22-16(20)10-24-13-5-3-2-4-6-13/h2-9,11H,10H2,1H3,(H2,20,22)(H,21,23). The number of nitrogens with two attached hydrogens (primary N) is 1. The van der Waals surface area contributed by atoms with Gasteiger partial charge < -0.3 is 20.6 Å². The maximum absolute atomic E-state index is 13.5. The van der Waals surface area contributed by atoms with Crippen molar-refractivity contribution in [2.75, 3.05) is 11.9 Å². The van der Waals surface area contributed by atoms with E-state index >= 15 is 0 Å². The van der Waals surface area contributed by atoms with Crippen LogP contribution in [0, 0.1) is 11.6 Å². The molecule has 6 nitrogen and oxygen atoms in total. The van der Waals surface area contributed by atoms with Gasteiger partial charge >= 0.3 is 0 Å². The van der Waals surface area contributed by atoms with Gasteiger partial charge in [-0.15, -0.1) is 0 Å². The Morgan fingerprint density at radius 3 is 2.64 bits per heavy atom. The van der Waals surface area contributed by atoms with Gasteiger partial charge in [0, 0.05) is 6.07 Å². The SMILES string of the molecule is CC(O/N=C(\N)COc1ccccc1)C(=O)Nc1ccc(F)cc1F. The molecule has 0 heterocycles. The molecule has 0 saturated carbocycles. The van der Waals surface area contributed by atoms with Gasteiger partial charge in [0.1, 0.15) is 24.0 Å².